The van der Waals surface area contributed by atoms with Crippen LogP contribution in [0.1, 0.15) is 39.5 Å². The average Bonchev–Trinajstić information content (AvgIpc) is 2.68. The van der Waals surface area contributed by atoms with Gasteiger partial charge in [0, 0.05) is 25.0 Å². The molecule has 0 atom stereocenters. The molecule has 0 spiro atoms. The lowest BCUT2D eigenvalue weighted by Gasteiger charge is -2.29. The Kier molecular flexibility index (Phi) is 6.45. The van der Waals surface area contributed by atoms with Crippen molar-refractivity contribution >= 4 is 22.7 Å². The number of fused-ring (bicyclic) bond motifs is 1. The van der Waals surface area contributed by atoms with Gasteiger partial charge < -0.3 is 15.1 Å². The number of hydrogen-bond donors (Lipinski definition) is 1. The smallest absolute Gasteiger partial charge is 0.225 e. The Labute approximate surface area is 151 Å². The second-order valence-electron chi connectivity index (χ2n) is 6.74. The summed E-state index contributed by atoms with van der Waals surface area (Å²) in [5, 5.41) is 4.61. The molecule has 5 heteroatoms. The molecule has 1 aliphatic heterocycles. The second kappa shape index (κ2) is 8.99. The molecule has 0 saturated carbocycles. The molecule has 1 fully saturated rings. The van der Waals surface area contributed by atoms with Crippen molar-refractivity contribution in [2.24, 2.45) is 0 Å². The highest BCUT2D eigenvalue weighted by Gasteiger charge is 2.16. The van der Waals surface area contributed by atoms with Crippen molar-refractivity contribution in [3.8, 4) is 0 Å². The first-order chi connectivity index (χ1) is 12.3. The van der Waals surface area contributed by atoms with Crippen molar-refractivity contribution in [2.45, 2.75) is 39.5 Å². The zero-order valence-corrected chi connectivity index (χ0v) is 15.7. The number of rotatable bonds is 8. The number of nitrogens with zero attached hydrogens (tertiary/aromatic N) is 4. The lowest BCUT2D eigenvalue weighted by Crippen LogP contribution is -2.30. The number of anilines is 2. The fourth-order valence-electron chi connectivity index (χ4n) is 3.53. The molecule has 1 aromatic heterocycles. The van der Waals surface area contributed by atoms with Crippen LogP contribution in [0.5, 0.6) is 0 Å². The van der Waals surface area contributed by atoms with Gasteiger partial charge in [-0.2, -0.15) is 4.98 Å². The molecule has 1 saturated heterocycles. The molecule has 2 aromatic rings. The Morgan fingerprint density at radius 1 is 1.04 bits per heavy atom. The Bertz CT molecular complexity index is 662. The zero-order chi connectivity index (χ0) is 17.5. The van der Waals surface area contributed by atoms with Gasteiger partial charge in [-0.1, -0.05) is 26.0 Å². The third-order valence-corrected chi connectivity index (χ3v) is 5.07. The maximum Gasteiger partial charge on any atom is 0.225 e. The Balaban J connectivity index is 1.72. The molecule has 136 valence electrons. The van der Waals surface area contributed by atoms with E-state index in [-0.39, 0.29) is 0 Å². The maximum atomic E-state index is 4.87. The summed E-state index contributed by atoms with van der Waals surface area (Å²) in [6, 6.07) is 8.37. The van der Waals surface area contributed by atoms with E-state index in [1.807, 2.05) is 0 Å². The van der Waals surface area contributed by atoms with Crippen LogP contribution in [0.2, 0.25) is 0 Å². The van der Waals surface area contributed by atoms with E-state index in [1.54, 1.807) is 0 Å². The summed E-state index contributed by atoms with van der Waals surface area (Å²) >= 11 is 0. The van der Waals surface area contributed by atoms with Gasteiger partial charge in [0.25, 0.3) is 0 Å². The SMILES string of the molecule is CCN(CC)CCCNc1nc(N2CCCCC2)c2ccccc2n1. The van der Waals surface area contributed by atoms with Crippen LogP contribution < -0.4 is 10.2 Å². The zero-order valence-electron chi connectivity index (χ0n) is 15.7. The highest BCUT2D eigenvalue weighted by atomic mass is 15.2. The van der Waals surface area contributed by atoms with E-state index in [0.717, 1.165) is 68.4 Å². The quantitative estimate of drug-likeness (QED) is 0.741. The fraction of sp³-hybridized carbons (Fsp3) is 0.600. The summed E-state index contributed by atoms with van der Waals surface area (Å²) in [5.74, 6) is 1.86. The molecule has 0 aliphatic carbocycles. The first-order valence-corrected chi connectivity index (χ1v) is 9.79. The minimum Gasteiger partial charge on any atom is -0.356 e. The number of piperidine rings is 1. The molecule has 5 nitrogen and oxygen atoms in total. The molecule has 25 heavy (non-hydrogen) atoms. The van der Waals surface area contributed by atoms with E-state index in [1.165, 1.54) is 19.3 Å². The minimum atomic E-state index is 0.763. The van der Waals surface area contributed by atoms with E-state index < -0.39 is 0 Å². The number of aromatic nitrogens is 2. The lowest BCUT2D eigenvalue weighted by atomic mass is 10.1. The molecule has 0 bridgehead atoms. The summed E-state index contributed by atoms with van der Waals surface area (Å²) in [5.41, 5.74) is 1.03. The highest BCUT2D eigenvalue weighted by Crippen LogP contribution is 2.27. The topological polar surface area (TPSA) is 44.3 Å². The van der Waals surface area contributed by atoms with Gasteiger partial charge in [0.2, 0.25) is 5.95 Å². The number of benzene rings is 1. The summed E-state index contributed by atoms with van der Waals surface area (Å²) in [7, 11) is 0. The van der Waals surface area contributed by atoms with Crippen LogP contribution in [0.3, 0.4) is 0 Å². The van der Waals surface area contributed by atoms with Gasteiger partial charge in [-0.15, -0.1) is 0 Å². The van der Waals surface area contributed by atoms with Crippen molar-refractivity contribution in [1.29, 1.82) is 0 Å². The standard InChI is InChI=1S/C20H31N5/c1-3-24(4-2)14-10-13-21-20-22-18-12-7-6-11-17(18)19(23-20)25-15-8-5-9-16-25/h6-7,11-12H,3-5,8-10,13-16H2,1-2H3,(H,21,22,23). The van der Waals surface area contributed by atoms with E-state index in [2.05, 4.69) is 53.2 Å². The lowest BCUT2D eigenvalue weighted by molar-refractivity contribution is 0.303. The van der Waals surface area contributed by atoms with Crippen molar-refractivity contribution in [1.82, 2.24) is 14.9 Å². The van der Waals surface area contributed by atoms with Crippen LogP contribution in [0, 0.1) is 0 Å². The molecule has 0 unspecified atom stereocenters. The summed E-state index contributed by atoms with van der Waals surface area (Å²) in [6.45, 7) is 10.9. The van der Waals surface area contributed by atoms with E-state index in [4.69, 9.17) is 9.97 Å². The van der Waals surface area contributed by atoms with Crippen molar-refractivity contribution < 1.29 is 0 Å². The third-order valence-electron chi connectivity index (χ3n) is 5.07. The predicted molar refractivity (Wildman–Crippen MR) is 106 cm³/mol. The average molecular weight is 342 g/mol. The molecule has 0 amide bonds. The minimum absolute atomic E-state index is 0.763. The normalized spacial score (nSPS) is 15.1. The first kappa shape index (κ1) is 17.9. The molecular formula is C20H31N5. The van der Waals surface area contributed by atoms with Crippen LogP contribution in [0.25, 0.3) is 10.9 Å². The monoisotopic (exact) mass is 341 g/mol. The Morgan fingerprint density at radius 3 is 2.56 bits per heavy atom. The maximum absolute atomic E-state index is 4.87. The fourth-order valence-corrected chi connectivity index (χ4v) is 3.53. The Hall–Kier alpha value is -1.88. The van der Waals surface area contributed by atoms with Crippen molar-refractivity contribution in [3.05, 3.63) is 24.3 Å². The van der Waals surface area contributed by atoms with Gasteiger partial charge in [-0.05, 0) is 57.5 Å². The van der Waals surface area contributed by atoms with Crippen LogP contribution in [-0.2, 0) is 0 Å². The molecular weight excluding hydrogens is 310 g/mol. The van der Waals surface area contributed by atoms with Crippen LogP contribution in [0.15, 0.2) is 24.3 Å². The summed E-state index contributed by atoms with van der Waals surface area (Å²) in [6.07, 6.45) is 4.95. The molecule has 3 rings (SSSR count). The molecule has 1 aliphatic rings. The van der Waals surface area contributed by atoms with E-state index in [9.17, 15) is 0 Å². The number of nitrogens with one attached hydrogen (secondary N) is 1. The molecule has 2 heterocycles. The largest absolute Gasteiger partial charge is 0.356 e. The van der Waals surface area contributed by atoms with Gasteiger partial charge in [0.15, 0.2) is 0 Å². The van der Waals surface area contributed by atoms with Gasteiger partial charge in [-0.3, -0.25) is 0 Å². The van der Waals surface area contributed by atoms with Crippen molar-refractivity contribution in [2.75, 3.05) is 49.5 Å². The summed E-state index contributed by atoms with van der Waals surface area (Å²) < 4.78 is 0. The number of para-hydroxylation sites is 1. The van der Waals surface area contributed by atoms with Gasteiger partial charge in [0.1, 0.15) is 5.82 Å². The first-order valence-electron chi connectivity index (χ1n) is 9.79. The van der Waals surface area contributed by atoms with Gasteiger partial charge >= 0.3 is 0 Å². The molecule has 0 radical (unpaired) electrons. The van der Waals surface area contributed by atoms with E-state index >= 15 is 0 Å². The molecule has 1 N–H and O–H groups in total. The Morgan fingerprint density at radius 2 is 1.80 bits per heavy atom. The van der Waals surface area contributed by atoms with Crippen molar-refractivity contribution in [3.63, 3.8) is 0 Å². The summed E-state index contributed by atoms with van der Waals surface area (Å²) in [4.78, 5) is 14.5. The number of hydrogen-bond acceptors (Lipinski definition) is 5. The second-order valence-corrected chi connectivity index (χ2v) is 6.74. The predicted octanol–water partition coefficient (Wildman–Crippen LogP) is 3.76. The van der Waals surface area contributed by atoms with Gasteiger partial charge in [-0.25, -0.2) is 4.98 Å². The van der Waals surface area contributed by atoms with E-state index in [0.29, 0.717) is 0 Å². The van der Waals surface area contributed by atoms with Crippen LogP contribution in [0.4, 0.5) is 11.8 Å². The third kappa shape index (κ3) is 4.60. The van der Waals surface area contributed by atoms with Gasteiger partial charge in [0.05, 0.1) is 5.52 Å². The molecule has 1 aromatic carbocycles. The van der Waals surface area contributed by atoms with Crippen LogP contribution in [-0.4, -0.2) is 54.1 Å². The highest BCUT2D eigenvalue weighted by molar-refractivity contribution is 5.90. The van der Waals surface area contributed by atoms with Crippen LogP contribution >= 0.6 is 0 Å².